The lowest BCUT2D eigenvalue weighted by Crippen LogP contribution is -2.34. The molecule has 0 aliphatic rings. The van der Waals surface area contributed by atoms with E-state index in [9.17, 15) is 14.4 Å². The molecule has 2 amide bonds. The molecule has 36 heavy (non-hydrogen) atoms. The summed E-state index contributed by atoms with van der Waals surface area (Å²) < 4.78 is 12.6. The van der Waals surface area contributed by atoms with Gasteiger partial charge in [0, 0.05) is 20.1 Å². The zero-order chi connectivity index (χ0) is 25.9. The lowest BCUT2D eigenvalue weighted by Gasteiger charge is -2.09. The highest BCUT2D eigenvalue weighted by Crippen LogP contribution is 2.23. The highest BCUT2D eigenvalue weighted by atomic mass is 79.9. The van der Waals surface area contributed by atoms with E-state index in [1.807, 2.05) is 6.92 Å². The van der Waals surface area contributed by atoms with E-state index in [-0.39, 0.29) is 18.2 Å². The first-order chi connectivity index (χ1) is 17.4. The zero-order valence-electron chi connectivity index (χ0n) is 19.3. The summed E-state index contributed by atoms with van der Waals surface area (Å²) in [4.78, 5) is 36.9. The maximum Gasteiger partial charge on any atom is 0.343 e. The second kappa shape index (κ2) is 13.6. The second-order valence-corrected chi connectivity index (χ2v) is 9.26. The Labute approximate surface area is 225 Å². The van der Waals surface area contributed by atoms with Crippen molar-refractivity contribution in [2.45, 2.75) is 13.3 Å². The third-order valence-corrected chi connectivity index (χ3v) is 5.61. The molecule has 3 rings (SSSR count). The van der Waals surface area contributed by atoms with E-state index < -0.39 is 11.9 Å². The highest BCUT2D eigenvalue weighted by molar-refractivity contribution is 9.10. The number of esters is 1. The van der Waals surface area contributed by atoms with Crippen LogP contribution in [0.4, 0.5) is 0 Å². The van der Waals surface area contributed by atoms with Gasteiger partial charge in [0.15, 0.2) is 0 Å². The summed E-state index contributed by atoms with van der Waals surface area (Å²) >= 11 is 6.67. The average molecular weight is 617 g/mol. The molecule has 0 saturated carbocycles. The van der Waals surface area contributed by atoms with Crippen molar-refractivity contribution in [2.24, 2.45) is 5.10 Å². The predicted octanol–water partition coefficient (Wildman–Crippen LogP) is 5.10. The van der Waals surface area contributed by atoms with Crippen molar-refractivity contribution in [3.63, 3.8) is 0 Å². The first kappa shape index (κ1) is 27.1. The monoisotopic (exact) mass is 615 g/mol. The van der Waals surface area contributed by atoms with Crippen molar-refractivity contribution in [3.8, 4) is 11.5 Å². The minimum atomic E-state index is -0.548. The zero-order valence-corrected chi connectivity index (χ0v) is 22.5. The molecule has 0 saturated heterocycles. The van der Waals surface area contributed by atoms with Crippen molar-refractivity contribution in [3.05, 3.63) is 92.4 Å². The number of hydrazone groups is 1. The minimum absolute atomic E-state index is 0.260. The molecule has 2 N–H and O–H groups in total. The summed E-state index contributed by atoms with van der Waals surface area (Å²) in [7, 11) is 0. The number of hydrogen-bond donors (Lipinski definition) is 2. The maximum atomic E-state index is 12.6. The number of nitrogens with zero attached hydrogens (tertiary/aromatic N) is 1. The molecule has 3 aromatic carbocycles. The van der Waals surface area contributed by atoms with Crippen molar-refractivity contribution >= 4 is 55.9 Å². The molecule has 0 bridgehead atoms. The topological polar surface area (TPSA) is 106 Å². The van der Waals surface area contributed by atoms with Crippen LogP contribution in [-0.2, 0) is 4.79 Å². The molecule has 0 unspecified atom stereocenters. The Hall–Kier alpha value is -3.50. The van der Waals surface area contributed by atoms with Crippen molar-refractivity contribution in [1.29, 1.82) is 0 Å². The van der Waals surface area contributed by atoms with Gasteiger partial charge in [-0.2, -0.15) is 5.10 Å². The Bertz CT molecular complexity index is 1260. The van der Waals surface area contributed by atoms with Gasteiger partial charge in [-0.15, -0.1) is 0 Å². The fourth-order valence-corrected chi connectivity index (χ4v) is 3.66. The Morgan fingerprint density at radius 2 is 1.69 bits per heavy atom. The molecule has 0 fully saturated rings. The van der Waals surface area contributed by atoms with Gasteiger partial charge in [-0.25, -0.2) is 10.2 Å². The number of carbonyl (C=O) groups is 3. The molecule has 10 heteroatoms. The molecule has 3 aromatic rings. The van der Waals surface area contributed by atoms with Crippen LogP contribution in [0.25, 0.3) is 0 Å². The van der Waals surface area contributed by atoms with E-state index in [4.69, 9.17) is 9.47 Å². The Morgan fingerprint density at radius 3 is 2.42 bits per heavy atom. The number of hydrogen-bond acceptors (Lipinski definition) is 6. The third-order valence-electron chi connectivity index (χ3n) is 4.63. The van der Waals surface area contributed by atoms with Gasteiger partial charge in [0.1, 0.15) is 11.5 Å². The van der Waals surface area contributed by atoms with Crippen LogP contribution in [0.5, 0.6) is 11.5 Å². The quantitative estimate of drug-likeness (QED) is 0.143. The average Bonchev–Trinajstić information content (AvgIpc) is 2.87. The molecule has 0 radical (unpaired) electrons. The van der Waals surface area contributed by atoms with Gasteiger partial charge < -0.3 is 14.8 Å². The SMILES string of the molecule is CCCOc1ccc(C(=O)Oc2ccc(Br)cc2C=NNC(=O)CNC(=O)c2cccc(Br)c2)cc1. The van der Waals surface area contributed by atoms with Crippen molar-refractivity contribution < 1.29 is 23.9 Å². The van der Waals surface area contributed by atoms with E-state index in [0.717, 1.165) is 15.4 Å². The molecular formula is C26H23Br2N3O5. The van der Waals surface area contributed by atoms with Crippen LogP contribution in [0, 0.1) is 0 Å². The van der Waals surface area contributed by atoms with E-state index in [1.165, 1.54) is 6.21 Å². The fourth-order valence-electron chi connectivity index (χ4n) is 2.88. The Kier molecular flexibility index (Phi) is 10.2. The van der Waals surface area contributed by atoms with Gasteiger partial charge in [-0.1, -0.05) is 44.8 Å². The van der Waals surface area contributed by atoms with Gasteiger partial charge in [-0.05, 0) is 67.1 Å². The fraction of sp³-hybridized carbons (Fsp3) is 0.154. The smallest absolute Gasteiger partial charge is 0.343 e. The highest BCUT2D eigenvalue weighted by Gasteiger charge is 2.12. The summed E-state index contributed by atoms with van der Waals surface area (Å²) in [5, 5.41) is 6.44. The molecule has 0 atom stereocenters. The van der Waals surface area contributed by atoms with E-state index in [2.05, 4.69) is 47.7 Å². The first-order valence-electron chi connectivity index (χ1n) is 11.0. The van der Waals surface area contributed by atoms with Crippen molar-refractivity contribution in [1.82, 2.24) is 10.7 Å². The molecule has 0 spiro atoms. The van der Waals surface area contributed by atoms with Crippen LogP contribution in [0.2, 0.25) is 0 Å². The number of benzene rings is 3. The molecule has 0 aliphatic carbocycles. The van der Waals surface area contributed by atoms with Crippen LogP contribution in [0.3, 0.4) is 0 Å². The molecule has 0 heterocycles. The molecular weight excluding hydrogens is 594 g/mol. The summed E-state index contributed by atoms with van der Waals surface area (Å²) in [5.74, 6) is -0.521. The molecule has 186 valence electrons. The van der Waals surface area contributed by atoms with Gasteiger partial charge in [0.05, 0.1) is 24.9 Å². The summed E-state index contributed by atoms with van der Waals surface area (Å²) in [6.45, 7) is 2.35. The second-order valence-electron chi connectivity index (χ2n) is 7.43. The summed E-state index contributed by atoms with van der Waals surface area (Å²) in [6, 6.07) is 18.5. The third kappa shape index (κ3) is 8.31. The predicted molar refractivity (Wildman–Crippen MR) is 144 cm³/mol. The lowest BCUT2D eigenvalue weighted by molar-refractivity contribution is -0.120. The normalized spacial score (nSPS) is 10.6. The van der Waals surface area contributed by atoms with Gasteiger partial charge in [0.25, 0.3) is 11.8 Å². The number of halogens is 2. The first-order valence-corrected chi connectivity index (χ1v) is 12.5. The number of rotatable bonds is 10. The van der Waals surface area contributed by atoms with Crippen molar-refractivity contribution in [2.75, 3.05) is 13.2 Å². The summed E-state index contributed by atoms with van der Waals surface area (Å²) in [5.41, 5.74) is 3.58. The largest absolute Gasteiger partial charge is 0.494 e. The van der Waals surface area contributed by atoms with Crippen LogP contribution in [0.15, 0.2) is 80.8 Å². The van der Waals surface area contributed by atoms with Crippen LogP contribution >= 0.6 is 31.9 Å². The number of carbonyl (C=O) groups excluding carboxylic acids is 3. The molecule has 8 nitrogen and oxygen atoms in total. The van der Waals surface area contributed by atoms with Crippen LogP contribution in [0.1, 0.15) is 39.6 Å². The van der Waals surface area contributed by atoms with E-state index in [1.54, 1.807) is 66.7 Å². The molecule has 0 aromatic heterocycles. The number of amides is 2. The van der Waals surface area contributed by atoms with Crippen LogP contribution in [-0.4, -0.2) is 37.1 Å². The number of ether oxygens (including phenoxy) is 2. The number of nitrogens with one attached hydrogen (secondary N) is 2. The van der Waals surface area contributed by atoms with E-state index in [0.29, 0.717) is 29.0 Å². The molecule has 0 aliphatic heterocycles. The lowest BCUT2D eigenvalue weighted by atomic mass is 10.2. The van der Waals surface area contributed by atoms with E-state index >= 15 is 0 Å². The maximum absolute atomic E-state index is 12.6. The van der Waals surface area contributed by atoms with Gasteiger partial charge >= 0.3 is 5.97 Å². The standard InChI is InChI=1S/C26H23Br2N3O5/c1-2-12-35-22-9-6-17(7-10-22)26(34)36-23-11-8-21(28)14-19(23)15-30-31-24(32)16-29-25(33)18-4-3-5-20(27)13-18/h3-11,13-15H,2,12,16H2,1H3,(H,29,33)(H,31,32). The minimum Gasteiger partial charge on any atom is -0.494 e. The van der Waals surface area contributed by atoms with Gasteiger partial charge in [0.2, 0.25) is 0 Å². The van der Waals surface area contributed by atoms with Crippen LogP contribution < -0.4 is 20.2 Å². The Balaban J connectivity index is 1.58. The summed E-state index contributed by atoms with van der Waals surface area (Å²) in [6.07, 6.45) is 2.24. The Morgan fingerprint density at radius 1 is 0.944 bits per heavy atom. The van der Waals surface area contributed by atoms with Gasteiger partial charge in [-0.3, -0.25) is 9.59 Å².